The van der Waals surface area contributed by atoms with E-state index in [4.69, 9.17) is 0 Å². The molecule has 2 aromatic rings. The average molecular weight is 333 g/mol. The predicted octanol–water partition coefficient (Wildman–Crippen LogP) is 3.05. The summed E-state index contributed by atoms with van der Waals surface area (Å²) in [6.07, 6.45) is 0.505. The normalized spacial score (nSPS) is 13.8. The topological polar surface area (TPSA) is 44.7 Å². The molecule has 124 valence electrons. The third-order valence-corrected chi connectivity index (χ3v) is 3.59. The molecule has 0 saturated carbocycles. The van der Waals surface area contributed by atoms with Gasteiger partial charge in [0.2, 0.25) is 0 Å². The maximum atomic E-state index is 13.2. The lowest BCUT2D eigenvalue weighted by molar-refractivity contribution is 0.0777. The Morgan fingerprint density at radius 3 is 2.71 bits per heavy atom. The zero-order valence-electron chi connectivity index (χ0n) is 12.6. The maximum Gasteiger partial charge on any atom is 0.274 e. The van der Waals surface area contributed by atoms with Crippen molar-refractivity contribution < 1.29 is 18.0 Å². The summed E-state index contributed by atoms with van der Waals surface area (Å²) in [6, 6.07) is 9.04. The minimum Gasteiger partial charge on any atom is -0.368 e. The van der Waals surface area contributed by atoms with Crippen LogP contribution < -0.4 is 5.32 Å². The second-order valence-corrected chi connectivity index (χ2v) is 5.34. The molecule has 0 fully saturated rings. The number of amidine groups is 1. The highest BCUT2D eigenvalue weighted by Crippen LogP contribution is 2.13. The lowest BCUT2D eigenvalue weighted by atomic mass is 10.2. The molecular formula is C17H14F3N3O. The van der Waals surface area contributed by atoms with E-state index >= 15 is 0 Å². The Morgan fingerprint density at radius 1 is 1.12 bits per heavy atom. The van der Waals surface area contributed by atoms with E-state index in [9.17, 15) is 18.0 Å². The number of rotatable bonds is 3. The second kappa shape index (κ2) is 6.74. The number of halogens is 3. The van der Waals surface area contributed by atoms with Crippen molar-refractivity contribution in [1.29, 1.82) is 0 Å². The summed E-state index contributed by atoms with van der Waals surface area (Å²) < 4.78 is 39.2. The number of carbonyl (C=O) groups is 1. The van der Waals surface area contributed by atoms with E-state index in [-0.39, 0.29) is 18.0 Å². The highest BCUT2D eigenvalue weighted by molar-refractivity contribution is 5.96. The van der Waals surface area contributed by atoms with E-state index in [1.165, 1.54) is 29.3 Å². The Kier molecular flexibility index (Phi) is 4.50. The number of hydrazone groups is 1. The van der Waals surface area contributed by atoms with Gasteiger partial charge >= 0.3 is 0 Å². The van der Waals surface area contributed by atoms with Crippen LogP contribution >= 0.6 is 0 Å². The van der Waals surface area contributed by atoms with Crippen LogP contribution in [0, 0.1) is 17.5 Å². The predicted molar refractivity (Wildman–Crippen MR) is 82.7 cm³/mol. The van der Waals surface area contributed by atoms with Crippen LogP contribution in [-0.2, 0) is 6.54 Å². The molecule has 1 aliphatic heterocycles. The molecule has 3 rings (SSSR count). The van der Waals surface area contributed by atoms with Gasteiger partial charge < -0.3 is 5.32 Å². The molecule has 0 bridgehead atoms. The van der Waals surface area contributed by atoms with Crippen molar-refractivity contribution >= 4 is 11.7 Å². The molecule has 4 nitrogen and oxygen atoms in total. The molecule has 1 N–H and O–H groups in total. The van der Waals surface area contributed by atoms with Crippen LogP contribution in [-0.4, -0.2) is 23.3 Å². The smallest absolute Gasteiger partial charge is 0.274 e. The number of carbonyl (C=O) groups excluding carboxylic acids is 1. The van der Waals surface area contributed by atoms with Crippen molar-refractivity contribution in [2.45, 2.75) is 13.0 Å². The number of benzene rings is 2. The first-order valence-corrected chi connectivity index (χ1v) is 7.35. The van der Waals surface area contributed by atoms with E-state index < -0.39 is 17.5 Å². The molecule has 0 aromatic heterocycles. The van der Waals surface area contributed by atoms with E-state index in [1.54, 1.807) is 0 Å². The quantitative estimate of drug-likeness (QED) is 0.938. The van der Waals surface area contributed by atoms with Crippen LogP contribution in [0.3, 0.4) is 0 Å². The zero-order valence-corrected chi connectivity index (χ0v) is 12.6. The van der Waals surface area contributed by atoms with Gasteiger partial charge in [0.1, 0.15) is 11.7 Å². The number of hydrogen-bond acceptors (Lipinski definition) is 3. The summed E-state index contributed by atoms with van der Waals surface area (Å²) in [7, 11) is 0. The van der Waals surface area contributed by atoms with Crippen LogP contribution in [0.5, 0.6) is 0 Å². The van der Waals surface area contributed by atoms with Gasteiger partial charge in [0.15, 0.2) is 11.6 Å². The minimum absolute atomic E-state index is 0.223. The van der Waals surface area contributed by atoms with E-state index in [1.807, 2.05) is 0 Å². The van der Waals surface area contributed by atoms with Gasteiger partial charge in [-0.2, -0.15) is 5.10 Å². The SMILES string of the molecule is O=C(c1cccc(F)c1)N1CCC(NCc2ccc(F)c(F)c2)=N1. The van der Waals surface area contributed by atoms with Crippen LogP contribution in [0.4, 0.5) is 13.2 Å². The zero-order chi connectivity index (χ0) is 17.1. The fraction of sp³-hybridized carbons (Fsp3) is 0.176. The van der Waals surface area contributed by atoms with Gasteiger partial charge in [0.05, 0.1) is 6.54 Å². The molecule has 0 spiro atoms. The first-order chi connectivity index (χ1) is 11.5. The molecule has 0 radical (unpaired) electrons. The molecule has 0 unspecified atom stereocenters. The van der Waals surface area contributed by atoms with Crippen LogP contribution in [0.25, 0.3) is 0 Å². The summed E-state index contributed by atoms with van der Waals surface area (Å²) in [5.41, 5.74) is 0.784. The fourth-order valence-corrected chi connectivity index (χ4v) is 2.35. The van der Waals surface area contributed by atoms with Gasteiger partial charge in [-0.15, -0.1) is 0 Å². The van der Waals surface area contributed by atoms with E-state index in [0.29, 0.717) is 24.4 Å². The average Bonchev–Trinajstić information content (AvgIpc) is 3.04. The number of amides is 1. The Balaban J connectivity index is 1.63. The van der Waals surface area contributed by atoms with Gasteiger partial charge in [-0.05, 0) is 35.9 Å². The molecule has 2 aromatic carbocycles. The summed E-state index contributed by atoms with van der Waals surface area (Å²) in [5.74, 6) is -2.13. The summed E-state index contributed by atoms with van der Waals surface area (Å²) in [5, 5.41) is 8.39. The van der Waals surface area contributed by atoms with Crippen molar-refractivity contribution in [3.05, 3.63) is 71.0 Å². The number of nitrogens with zero attached hydrogens (tertiary/aromatic N) is 2. The van der Waals surface area contributed by atoms with E-state index in [0.717, 1.165) is 18.2 Å². The highest BCUT2D eigenvalue weighted by Gasteiger charge is 2.22. The van der Waals surface area contributed by atoms with E-state index in [2.05, 4.69) is 10.4 Å². The van der Waals surface area contributed by atoms with Gasteiger partial charge in [0, 0.05) is 18.5 Å². The first kappa shape index (κ1) is 16.0. The van der Waals surface area contributed by atoms with Crippen molar-refractivity contribution in [2.24, 2.45) is 5.10 Å². The third-order valence-electron chi connectivity index (χ3n) is 3.59. The molecule has 0 saturated heterocycles. The standard InChI is InChI=1S/C17H14F3N3O/c18-13-3-1-2-12(9-13)17(24)23-7-6-16(22-23)21-10-11-4-5-14(19)15(20)8-11/h1-5,8-9H,6-7,10H2,(H,21,22). The maximum absolute atomic E-state index is 13.2. The van der Waals surface area contributed by atoms with Crippen molar-refractivity contribution in [3.8, 4) is 0 Å². The lowest BCUT2D eigenvalue weighted by Crippen LogP contribution is -2.23. The van der Waals surface area contributed by atoms with Gasteiger partial charge in [0.25, 0.3) is 5.91 Å². The Bertz CT molecular complexity index is 807. The molecule has 7 heteroatoms. The Labute approximate surface area is 136 Å². The molecule has 1 aliphatic rings. The largest absolute Gasteiger partial charge is 0.368 e. The molecular weight excluding hydrogens is 319 g/mol. The third kappa shape index (κ3) is 3.56. The fourth-order valence-electron chi connectivity index (χ4n) is 2.35. The molecule has 0 atom stereocenters. The van der Waals surface area contributed by atoms with Gasteiger partial charge in [-0.25, -0.2) is 18.2 Å². The van der Waals surface area contributed by atoms with Crippen LogP contribution in [0.1, 0.15) is 22.3 Å². The Morgan fingerprint density at radius 2 is 1.96 bits per heavy atom. The summed E-state index contributed by atoms with van der Waals surface area (Å²) in [4.78, 5) is 12.2. The van der Waals surface area contributed by atoms with Crippen molar-refractivity contribution in [1.82, 2.24) is 10.3 Å². The van der Waals surface area contributed by atoms with Crippen LogP contribution in [0.2, 0.25) is 0 Å². The summed E-state index contributed by atoms with van der Waals surface area (Å²) >= 11 is 0. The molecule has 1 amide bonds. The van der Waals surface area contributed by atoms with Gasteiger partial charge in [-0.3, -0.25) is 4.79 Å². The first-order valence-electron chi connectivity index (χ1n) is 7.35. The molecule has 24 heavy (non-hydrogen) atoms. The number of nitrogens with one attached hydrogen (secondary N) is 1. The minimum atomic E-state index is -0.912. The van der Waals surface area contributed by atoms with Crippen molar-refractivity contribution in [3.63, 3.8) is 0 Å². The lowest BCUT2D eigenvalue weighted by Gasteiger charge is -2.11. The Hall–Kier alpha value is -2.83. The molecule has 0 aliphatic carbocycles. The summed E-state index contributed by atoms with van der Waals surface area (Å²) in [6.45, 7) is 0.632. The molecule has 1 heterocycles. The number of hydrogen-bond donors (Lipinski definition) is 1. The van der Waals surface area contributed by atoms with Crippen LogP contribution in [0.15, 0.2) is 47.6 Å². The van der Waals surface area contributed by atoms with Crippen molar-refractivity contribution in [2.75, 3.05) is 6.54 Å². The highest BCUT2D eigenvalue weighted by atomic mass is 19.2. The monoisotopic (exact) mass is 333 g/mol. The second-order valence-electron chi connectivity index (χ2n) is 5.34. The van der Waals surface area contributed by atoms with Gasteiger partial charge in [-0.1, -0.05) is 12.1 Å².